The van der Waals surface area contributed by atoms with E-state index in [1.54, 1.807) is 23.8 Å². The molecule has 0 aliphatic rings. The summed E-state index contributed by atoms with van der Waals surface area (Å²) in [5.41, 5.74) is 0.658. The summed E-state index contributed by atoms with van der Waals surface area (Å²) in [6.07, 6.45) is 2.33. The Kier molecular flexibility index (Phi) is 4.81. The molecule has 0 aliphatic heterocycles. The number of esters is 1. The van der Waals surface area contributed by atoms with Crippen LogP contribution in [-0.2, 0) is 14.9 Å². The molecule has 4 heteroatoms. The van der Waals surface area contributed by atoms with Crippen molar-refractivity contribution < 1.29 is 9.53 Å². The second-order valence-corrected chi connectivity index (χ2v) is 5.37. The quantitative estimate of drug-likeness (QED) is 0.797. The van der Waals surface area contributed by atoms with E-state index in [1.165, 1.54) is 6.07 Å². The molecule has 2 aromatic rings. The summed E-state index contributed by atoms with van der Waals surface area (Å²) in [4.78, 5) is 24.4. The Bertz CT molecular complexity index is 706. The Morgan fingerprint density at radius 1 is 1.14 bits per heavy atom. The average molecular weight is 299 g/mol. The first-order valence-electron chi connectivity index (χ1n) is 7.48. The third-order valence-electron chi connectivity index (χ3n) is 4.02. The standard InChI is InChI=1S/C18H21NO3/c1-4-18(3,17(21)22-5-2)14-11-12-16(20)19(13-14)15-9-7-6-8-10-15/h6-13H,4-5H2,1-3H3. The highest BCUT2D eigenvalue weighted by Gasteiger charge is 2.35. The molecule has 22 heavy (non-hydrogen) atoms. The number of ether oxygens (including phenoxy) is 1. The minimum atomic E-state index is -0.764. The Labute approximate surface area is 130 Å². The molecule has 1 heterocycles. The van der Waals surface area contributed by atoms with Crippen LogP contribution in [0.2, 0.25) is 0 Å². The molecule has 1 aromatic heterocycles. The lowest BCUT2D eigenvalue weighted by atomic mass is 9.81. The van der Waals surface area contributed by atoms with Gasteiger partial charge in [0, 0.05) is 18.0 Å². The molecule has 0 amide bonds. The van der Waals surface area contributed by atoms with Crippen LogP contribution in [0.25, 0.3) is 5.69 Å². The molecule has 0 bridgehead atoms. The predicted octanol–water partition coefficient (Wildman–Crippen LogP) is 3.07. The summed E-state index contributed by atoms with van der Waals surface area (Å²) in [7, 11) is 0. The van der Waals surface area contributed by atoms with E-state index >= 15 is 0 Å². The van der Waals surface area contributed by atoms with Gasteiger partial charge in [-0.1, -0.05) is 31.2 Å². The van der Waals surface area contributed by atoms with Gasteiger partial charge in [0.2, 0.25) is 0 Å². The van der Waals surface area contributed by atoms with E-state index in [0.29, 0.717) is 13.0 Å². The van der Waals surface area contributed by atoms with Gasteiger partial charge in [0.15, 0.2) is 0 Å². The lowest BCUT2D eigenvalue weighted by molar-refractivity contribution is -0.149. The number of rotatable bonds is 5. The Morgan fingerprint density at radius 3 is 2.41 bits per heavy atom. The van der Waals surface area contributed by atoms with Gasteiger partial charge in [-0.2, -0.15) is 0 Å². The molecule has 1 aromatic carbocycles. The van der Waals surface area contributed by atoms with E-state index in [0.717, 1.165) is 11.3 Å². The summed E-state index contributed by atoms with van der Waals surface area (Å²) in [5.74, 6) is -0.268. The van der Waals surface area contributed by atoms with Crippen molar-refractivity contribution >= 4 is 5.97 Å². The third kappa shape index (κ3) is 2.96. The number of benzene rings is 1. The van der Waals surface area contributed by atoms with Gasteiger partial charge in [-0.3, -0.25) is 14.2 Å². The van der Waals surface area contributed by atoms with Crippen molar-refractivity contribution in [2.45, 2.75) is 32.6 Å². The Balaban J connectivity index is 2.53. The molecule has 116 valence electrons. The van der Waals surface area contributed by atoms with Gasteiger partial charge < -0.3 is 4.74 Å². The number of carbonyl (C=O) groups excluding carboxylic acids is 1. The van der Waals surface area contributed by atoms with Crippen molar-refractivity contribution in [3.8, 4) is 5.69 Å². The zero-order valence-corrected chi connectivity index (χ0v) is 13.2. The number of nitrogens with zero attached hydrogens (tertiary/aromatic N) is 1. The molecule has 0 N–H and O–H groups in total. The summed E-state index contributed by atoms with van der Waals surface area (Å²) in [6, 6.07) is 12.6. The van der Waals surface area contributed by atoms with Crippen LogP contribution < -0.4 is 5.56 Å². The highest BCUT2D eigenvalue weighted by atomic mass is 16.5. The number of aromatic nitrogens is 1. The van der Waals surface area contributed by atoms with E-state index in [1.807, 2.05) is 44.2 Å². The van der Waals surface area contributed by atoms with Crippen molar-refractivity contribution in [2.75, 3.05) is 6.61 Å². The third-order valence-corrected chi connectivity index (χ3v) is 4.02. The number of carbonyl (C=O) groups is 1. The average Bonchev–Trinajstić information content (AvgIpc) is 2.55. The van der Waals surface area contributed by atoms with Gasteiger partial charge in [-0.05, 0) is 38.0 Å². The second-order valence-electron chi connectivity index (χ2n) is 5.37. The minimum Gasteiger partial charge on any atom is -0.465 e. The van der Waals surface area contributed by atoms with E-state index in [-0.39, 0.29) is 11.5 Å². The van der Waals surface area contributed by atoms with Gasteiger partial charge in [0.1, 0.15) is 0 Å². The van der Waals surface area contributed by atoms with E-state index in [2.05, 4.69) is 0 Å². The second kappa shape index (κ2) is 6.60. The van der Waals surface area contributed by atoms with Crippen LogP contribution in [0.5, 0.6) is 0 Å². The van der Waals surface area contributed by atoms with Crippen molar-refractivity contribution in [3.05, 3.63) is 64.6 Å². The van der Waals surface area contributed by atoms with Crippen LogP contribution in [0.4, 0.5) is 0 Å². The molecule has 0 radical (unpaired) electrons. The first-order chi connectivity index (χ1) is 10.5. The van der Waals surface area contributed by atoms with Gasteiger partial charge in [0.25, 0.3) is 5.56 Å². The van der Waals surface area contributed by atoms with Gasteiger partial charge >= 0.3 is 5.97 Å². The zero-order valence-electron chi connectivity index (χ0n) is 13.2. The largest absolute Gasteiger partial charge is 0.465 e. The zero-order chi connectivity index (χ0) is 16.2. The van der Waals surface area contributed by atoms with Crippen molar-refractivity contribution in [2.24, 2.45) is 0 Å². The smallest absolute Gasteiger partial charge is 0.316 e. The molecule has 0 fully saturated rings. The number of pyridine rings is 1. The van der Waals surface area contributed by atoms with Crippen molar-refractivity contribution in [1.29, 1.82) is 0 Å². The summed E-state index contributed by atoms with van der Waals surface area (Å²) in [6.45, 7) is 5.92. The molecule has 0 saturated carbocycles. The summed E-state index contributed by atoms with van der Waals surface area (Å²) < 4.78 is 6.76. The molecular weight excluding hydrogens is 278 g/mol. The number of hydrogen-bond acceptors (Lipinski definition) is 3. The van der Waals surface area contributed by atoms with Crippen molar-refractivity contribution in [1.82, 2.24) is 4.57 Å². The predicted molar refractivity (Wildman–Crippen MR) is 86.3 cm³/mol. The van der Waals surface area contributed by atoms with Gasteiger partial charge in [0.05, 0.1) is 12.0 Å². The maximum atomic E-state index is 12.3. The fraction of sp³-hybridized carbons (Fsp3) is 0.333. The van der Waals surface area contributed by atoms with Crippen molar-refractivity contribution in [3.63, 3.8) is 0 Å². The van der Waals surface area contributed by atoms with E-state index in [9.17, 15) is 9.59 Å². The maximum Gasteiger partial charge on any atom is 0.316 e. The Hall–Kier alpha value is -2.36. The fourth-order valence-corrected chi connectivity index (χ4v) is 2.36. The lowest BCUT2D eigenvalue weighted by Crippen LogP contribution is -2.35. The molecular formula is C18H21NO3. The van der Waals surface area contributed by atoms with Crippen LogP contribution in [0.1, 0.15) is 32.8 Å². The molecule has 4 nitrogen and oxygen atoms in total. The first-order valence-corrected chi connectivity index (χ1v) is 7.48. The highest BCUT2D eigenvalue weighted by Crippen LogP contribution is 2.28. The molecule has 1 unspecified atom stereocenters. The maximum absolute atomic E-state index is 12.3. The minimum absolute atomic E-state index is 0.128. The summed E-state index contributed by atoms with van der Waals surface area (Å²) in [5, 5.41) is 0. The van der Waals surface area contributed by atoms with Gasteiger partial charge in [-0.25, -0.2) is 0 Å². The molecule has 0 spiro atoms. The molecule has 1 atom stereocenters. The van der Waals surface area contributed by atoms with E-state index in [4.69, 9.17) is 4.74 Å². The molecule has 0 aliphatic carbocycles. The molecule has 0 saturated heterocycles. The van der Waals surface area contributed by atoms with Crippen LogP contribution in [-0.4, -0.2) is 17.1 Å². The van der Waals surface area contributed by atoms with Crippen LogP contribution in [0.3, 0.4) is 0 Å². The van der Waals surface area contributed by atoms with E-state index < -0.39 is 5.41 Å². The fourth-order valence-electron chi connectivity index (χ4n) is 2.36. The molecule has 2 rings (SSSR count). The highest BCUT2D eigenvalue weighted by molar-refractivity contribution is 5.82. The monoisotopic (exact) mass is 299 g/mol. The number of para-hydroxylation sites is 1. The van der Waals surface area contributed by atoms with Crippen LogP contribution in [0.15, 0.2) is 53.5 Å². The topological polar surface area (TPSA) is 48.3 Å². The van der Waals surface area contributed by atoms with Crippen LogP contribution in [0, 0.1) is 0 Å². The Morgan fingerprint density at radius 2 is 1.82 bits per heavy atom. The normalized spacial score (nSPS) is 13.4. The van der Waals surface area contributed by atoms with Crippen LogP contribution >= 0.6 is 0 Å². The SMILES string of the molecule is CCOC(=O)C(C)(CC)c1ccc(=O)n(-c2ccccc2)c1. The summed E-state index contributed by atoms with van der Waals surface area (Å²) >= 11 is 0. The number of hydrogen-bond donors (Lipinski definition) is 0. The lowest BCUT2D eigenvalue weighted by Gasteiger charge is -2.26. The van der Waals surface area contributed by atoms with Gasteiger partial charge in [-0.15, -0.1) is 0 Å². The first kappa shape index (κ1) is 16.0.